The lowest BCUT2D eigenvalue weighted by molar-refractivity contribution is -0.128. The third-order valence-corrected chi connectivity index (χ3v) is 4.24. The number of amides is 1. The number of carbonyl (C=O) groups excluding carboxylic acids is 1. The maximum Gasteiger partial charge on any atom is 0.260 e. The van der Waals surface area contributed by atoms with Crippen LogP contribution in [0.1, 0.15) is 39.0 Å². The molecule has 0 saturated heterocycles. The first-order valence-electron chi connectivity index (χ1n) is 7.09. The molecule has 1 aliphatic carbocycles. The van der Waals surface area contributed by atoms with E-state index in [0.717, 1.165) is 17.3 Å². The largest absolute Gasteiger partial charge is 0.478 e. The van der Waals surface area contributed by atoms with Crippen LogP contribution in [0.5, 0.6) is 5.75 Å². The van der Waals surface area contributed by atoms with Crippen LogP contribution in [0.3, 0.4) is 0 Å². The Morgan fingerprint density at radius 2 is 2.10 bits per heavy atom. The van der Waals surface area contributed by atoms with Crippen molar-refractivity contribution in [2.75, 3.05) is 5.73 Å². The Bertz CT molecular complexity index is 453. The third-order valence-electron chi connectivity index (χ3n) is 3.61. The van der Waals surface area contributed by atoms with Gasteiger partial charge >= 0.3 is 0 Å². The number of halogens is 1. The summed E-state index contributed by atoms with van der Waals surface area (Å²) in [5.74, 6) is 0.450. The van der Waals surface area contributed by atoms with Crippen LogP contribution in [0.2, 0.25) is 0 Å². The average molecular weight is 341 g/mol. The van der Waals surface area contributed by atoms with Crippen LogP contribution in [0, 0.1) is 0 Å². The van der Waals surface area contributed by atoms with Crippen molar-refractivity contribution in [2.45, 2.75) is 51.2 Å². The molecule has 0 aromatic heterocycles. The van der Waals surface area contributed by atoms with Gasteiger partial charge in [-0.3, -0.25) is 4.79 Å². The molecule has 1 amide bonds. The number of anilines is 1. The van der Waals surface area contributed by atoms with Crippen molar-refractivity contribution >= 4 is 27.5 Å². The van der Waals surface area contributed by atoms with E-state index in [1.54, 1.807) is 13.0 Å². The highest BCUT2D eigenvalue weighted by molar-refractivity contribution is 9.10. The highest BCUT2D eigenvalue weighted by atomic mass is 79.9. The van der Waals surface area contributed by atoms with Crippen LogP contribution in [0.4, 0.5) is 5.69 Å². The van der Waals surface area contributed by atoms with Gasteiger partial charge in [0.2, 0.25) is 0 Å². The van der Waals surface area contributed by atoms with Crippen molar-refractivity contribution < 1.29 is 9.53 Å². The number of benzene rings is 1. The zero-order chi connectivity index (χ0) is 14.5. The minimum atomic E-state index is -0.557. The molecular formula is C15H21BrN2O2. The van der Waals surface area contributed by atoms with E-state index in [1.165, 1.54) is 19.3 Å². The molecule has 1 fully saturated rings. The van der Waals surface area contributed by atoms with E-state index in [0.29, 0.717) is 17.5 Å². The monoisotopic (exact) mass is 340 g/mol. The summed E-state index contributed by atoms with van der Waals surface area (Å²) in [5.41, 5.74) is 6.39. The molecular weight excluding hydrogens is 320 g/mol. The molecule has 1 unspecified atom stereocenters. The summed E-state index contributed by atoms with van der Waals surface area (Å²) < 4.78 is 6.45. The summed E-state index contributed by atoms with van der Waals surface area (Å²) in [6.45, 7) is 1.75. The second-order valence-electron chi connectivity index (χ2n) is 5.26. The van der Waals surface area contributed by atoms with Crippen molar-refractivity contribution in [3.05, 3.63) is 22.7 Å². The summed E-state index contributed by atoms with van der Waals surface area (Å²) in [6, 6.07) is 5.72. The molecule has 1 aliphatic rings. The number of nitrogen functional groups attached to an aromatic ring is 1. The number of para-hydroxylation sites is 1. The van der Waals surface area contributed by atoms with Gasteiger partial charge in [-0.15, -0.1) is 0 Å². The predicted molar refractivity (Wildman–Crippen MR) is 83.7 cm³/mol. The molecule has 1 aromatic carbocycles. The summed E-state index contributed by atoms with van der Waals surface area (Å²) in [4.78, 5) is 12.1. The van der Waals surface area contributed by atoms with Gasteiger partial charge in [0.25, 0.3) is 5.91 Å². The Morgan fingerprint density at radius 3 is 2.75 bits per heavy atom. The first-order chi connectivity index (χ1) is 9.58. The lowest BCUT2D eigenvalue weighted by atomic mass is 9.95. The fourth-order valence-electron chi connectivity index (χ4n) is 2.45. The first kappa shape index (κ1) is 15.2. The predicted octanol–water partition coefficient (Wildman–Crippen LogP) is 3.25. The van der Waals surface area contributed by atoms with E-state index in [4.69, 9.17) is 10.5 Å². The zero-order valence-electron chi connectivity index (χ0n) is 11.7. The van der Waals surface area contributed by atoms with E-state index in [2.05, 4.69) is 21.2 Å². The van der Waals surface area contributed by atoms with Crippen LogP contribution >= 0.6 is 15.9 Å². The Morgan fingerprint density at radius 1 is 1.40 bits per heavy atom. The molecule has 5 heteroatoms. The molecule has 0 spiro atoms. The molecule has 4 nitrogen and oxygen atoms in total. The molecule has 1 saturated carbocycles. The highest BCUT2D eigenvalue weighted by Crippen LogP contribution is 2.31. The number of hydrogen-bond acceptors (Lipinski definition) is 3. The van der Waals surface area contributed by atoms with Gasteiger partial charge in [0.05, 0.1) is 10.2 Å². The van der Waals surface area contributed by atoms with E-state index in [9.17, 15) is 4.79 Å². The first-order valence-corrected chi connectivity index (χ1v) is 7.88. The molecule has 3 N–H and O–H groups in total. The Labute approximate surface area is 128 Å². The van der Waals surface area contributed by atoms with E-state index in [1.807, 2.05) is 12.1 Å². The van der Waals surface area contributed by atoms with Crippen molar-refractivity contribution in [1.29, 1.82) is 0 Å². The van der Waals surface area contributed by atoms with Gasteiger partial charge in [-0.1, -0.05) is 25.3 Å². The van der Waals surface area contributed by atoms with Crippen LogP contribution in [-0.2, 0) is 4.79 Å². The van der Waals surface area contributed by atoms with E-state index < -0.39 is 6.10 Å². The molecule has 0 aliphatic heterocycles. The summed E-state index contributed by atoms with van der Waals surface area (Å²) in [6.07, 6.45) is 5.23. The van der Waals surface area contributed by atoms with Gasteiger partial charge < -0.3 is 15.8 Å². The minimum absolute atomic E-state index is 0.0768. The third kappa shape index (κ3) is 3.88. The second kappa shape index (κ2) is 6.97. The maximum atomic E-state index is 12.1. The van der Waals surface area contributed by atoms with Crippen molar-refractivity contribution in [3.63, 3.8) is 0 Å². The van der Waals surface area contributed by atoms with E-state index in [-0.39, 0.29) is 5.91 Å². The van der Waals surface area contributed by atoms with Crippen molar-refractivity contribution in [1.82, 2.24) is 5.32 Å². The fraction of sp³-hybridized carbons (Fsp3) is 0.533. The lowest BCUT2D eigenvalue weighted by Crippen LogP contribution is -2.43. The van der Waals surface area contributed by atoms with Gasteiger partial charge in [-0.05, 0) is 47.8 Å². The van der Waals surface area contributed by atoms with Gasteiger partial charge in [-0.25, -0.2) is 0 Å². The number of rotatable bonds is 4. The molecule has 0 bridgehead atoms. The molecule has 20 heavy (non-hydrogen) atoms. The normalized spacial score (nSPS) is 17.5. The number of hydrogen-bond donors (Lipinski definition) is 2. The number of nitrogens with one attached hydrogen (secondary N) is 1. The van der Waals surface area contributed by atoms with E-state index >= 15 is 0 Å². The zero-order valence-corrected chi connectivity index (χ0v) is 13.3. The van der Waals surface area contributed by atoms with Gasteiger partial charge in [0.15, 0.2) is 11.9 Å². The number of ether oxygens (including phenoxy) is 1. The maximum absolute atomic E-state index is 12.1. The van der Waals surface area contributed by atoms with Crippen molar-refractivity contribution in [3.8, 4) is 5.75 Å². The van der Waals surface area contributed by atoms with Gasteiger partial charge in [0, 0.05) is 6.04 Å². The Kier molecular flexibility index (Phi) is 5.29. The quantitative estimate of drug-likeness (QED) is 0.827. The van der Waals surface area contributed by atoms with Gasteiger partial charge in [-0.2, -0.15) is 0 Å². The van der Waals surface area contributed by atoms with Crippen molar-refractivity contribution in [2.24, 2.45) is 0 Å². The lowest BCUT2D eigenvalue weighted by Gasteiger charge is -2.25. The number of carbonyl (C=O) groups is 1. The Balaban J connectivity index is 1.93. The summed E-state index contributed by atoms with van der Waals surface area (Å²) in [5, 5.41) is 3.06. The second-order valence-corrected chi connectivity index (χ2v) is 6.12. The van der Waals surface area contributed by atoms with Crippen LogP contribution in [0.25, 0.3) is 0 Å². The standard InChI is InChI=1S/C15H21BrN2O2/c1-10(15(19)18-11-6-3-2-4-7-11)20-14-12(16)8-5-9-13(14)17/h5,8-11H,2-4,6-7,17H2,1H3,(H,18,19). The molecule has 2 rings (SSSR count). The summed E-state index contributed by atoms with van der Waals surface area (Å²) >= 11 is 3.39. The molecule has 0 radical (unpaired) electrons. The number of nitrogens with two attached hydrogens (primary N) is 1. The molecule has 0 heterocycles. The van der Waals surface area contributed by atoms with Crippen LogP contribution in [0.15, 0.2) is 22.7 Å². The molecule has 1 aromatic rings. The fourth-order valence-corrected chi connectivity index (χ4v) is 2.92. The SMILES string of the molecule is CC(Oc1c(N)cccc1Br)C(=O)NC1CCCCC1. The topological polar surface area (TPSA) is 64.3 Å². The van der Waals surface area contributed by atoms with Crippen LogP contribution < -0.4 is 15.8 Å². The molecule has 110 valence electrons. The summed E-state index contributed by atoms with van der Waals surface area (Å²) in [7, 11) is 0. The average Bonchev–Trinajstić information content (AvgIpc) is 2.44. The Hall–Kier alpha value is -1.23. The van der Waals surface area contributed by atoms with Crippen LogP contribution in [-0.4, -0.2) is 18.1 Å². The van der Waals surface area contributed by atoms with Gasteiger partial charge in [0.1, 0.15) is 0 Å². The highest BCUT2D eigenvalue weighted by Gasteiger charge is 2.21. The smallest absolute Gasteiger partial charge is 0.260 e. The minimum Gasteiger partial charge on any atom is -0.478 e. The molecule has 1 atom stereocenters.